The molecular formula is C12H25N3O2. The maximum absolute atomic E-state index is 11.8. The average molecular weight is 243 g/mol. The molecule has 0 bridgehead atoms. The highest BCUT2D eigenvalue weighted by molar-refractivity contribution is 5.74. The number of nitrogens with zero attached hydrogens (tertiary/aromatic N) is 2. The molecule has 1 rings (SSSR count). The number of nitrogens with one attached hydrogen (secondary N) is 1. The largest absolute Gasteiger partial charge is 0.378 e. The molecule has 0 spiro atoms. The SMILES string of the molecule is CCC(C)N(C)CCNC(=O)N1CCOCC1. The van der Waals surface area contributed by atoms with Crippen molar-refractivity contribution >= 4 is 6.03 Å². The van der Waals surface area contributed by atoms with E-state index in [0.29, 0.717) is 38.9 Å². The number of amides is 2. The van der Waals surface area contributed by atoms with Crippen molar-refractivity contribution < 1.29 is 9.53 Å². The van der Waals surface area contributed by atoms with Crippen LogP contribution in [-0.2, 0) is 4.74 Å². The van der Waals surface area contributed by atoms with Crippen molar-refractivity contribution in [2.45, 2.75) is 26.3 Å². The van der Waals surface area contributed by atoms with Crippen LogP contribution in [0.5, 0.6) is 0 Å². The Morgan fingerprint density at radius 1 is 1.47 bits per heavy atom. The number of morpholine rings is 1. The molecule has 1 fully saturated rings. The lowest BCUT2D eigenvalue weighted by molar-refractivity contribution is 0.0530. The molecule has 100 valence electrons. The third-order valence-electron chi connectivity index (χ3n) is 3.38. The highest BCUT2D eigenvalue weighted by Gasteiger charge is 2.16. The van der Waals surface area contributed by atoms with Gasteiger partial charge in [-0.05, 0) is 20.4 Å². The molecule has 1 unspecified atom stereocenters. The summed E-state index contributed by atoms with van der Waals surface area (Å²) in [5.41, 5.74) is 0. The first-order valence-corrected chi connectivity index (χ1v) is 6.46. The Labute approximate surface area is 104 Å². The highest BCUT2D eigenvalue weighted by atomic mass is 16.5. The zero-order valence-corrected chi connectivity index (χ0v) is 11.2. The molecular weight excluding hydrogens is 218 g/mol. The molecule has 0 radical (unpaired) electrons. The van der Waals surface area contributed by atoms with Crippen LogP contribution in [0.2, 0.25) is 0 Å². The number of carbonyl (C=O) groups is 1. The summed E-state index contributed by atoms with van der Waals surface area (Å²) in [6.07, 6.45) is 1.13. The topological polar surface area (TPSA) is 44.8 Å². The van der Waals surface area contributed by atoms with Crippen LogP contribution in [0.15, 0.2) is 0 Å². The van der Waals surface area contributed by atoms with Gasteiger partial charge in [0.2, 0.25) is 0 Å². The fourth-order valence-electron chi connectivity index (χ4n) is 1.75. The van der Waals surface area contributed by atoms with Gasteiger partial charge in [0.05, 0.1) is 13.2 Å². The Kier molecular flexibility index (Phi) is 6.29. The van der Waals surface area contributed by atoms with Crippen LogP contribution < -0.4 is 5.32 Å². The molecule has 0 aromatic carbocycles. The molecule has 1 aliphatic rings. The van der Waals surface area contributed by atoms with E-state index in [4.69, 9.17) is 4.74 Å². The lowest BCUT2D eigenvalue weighted by atomic mass is 10.2. The normalized spacial score (nSPS) is 18.2. The predicted molar refractivity (Wildman–Crippen MR) is 68.2 cm³/mol. The molecule has 1 heterocycles. The number of rotatable bonds is 5. The number of ether oxygens (including phenoxy) is 1. The molecule has 1 aliphatic heterocycles. The standard InChI is InChI=1S/C12H25N3O2/c1-4-11(2)14(3)6-5-13-12(16)15-7-9-17-10-8-15/h11H,4-10H2,1-3H3,(H,13,16). The predicted octanol–water partition coefficient (Wildman–Crippen LogP) is 0.759. The fourth-order valence-corrected chi connectivity index (χ4v) is 1.75. The Hall–Kier alpha value is -0.810. The van der Waals surface area contributed by atoms with Gasteiger partial charge in [0.25, 0.3) is 0 Å². The molecule has 17 heavy (non-hydrogen) atoms. The maximum Gasteiger partial charge on any atom is 0.317 e. The van der Waals surface area contributed by atoms with Crippen molar-refractivity contribution in [3.63, 3.8) is 0 Å². The summed E-state index contributed by atoms with van der Waals surface area (Å²) in [7, 11) is 2.09. The number of likely N-dealkylation sites (N-methyl/N-ethyl adjacent to an activating group) is 1. The Morgan fingerprint density at radius 2 is 2.12 bits per heavy atom. The van der Waals surface area contributed by atoms with Crippen LogP contribution in [0.1, 0.15) is 20.3 Å². The van der Waals surface area contributed by atoms with Gasteiger partial charge in [-0.2, -0.15) is 0 Å². The van der Waals surface area contributed by atoms with E-state index in [2.05, 4.69) is 31.1 Å². The fraction of sp³-hybridized carbons (Fsp3) is 0.917. The van der Waals surface area contributed by atoms with Gasteiger partial charge in [0, 0.05) is 32.2 Å². The van der Waals surface area contributed by atoms with Gasteiger partial charge in [-0.1, -0.05) is 6.92 Å². The van der Waals surface area contributed by atoms with E-state index in [1.165, 1.54) is 0 Å². The Balaban J connectivity index is 2.15. The second kappa shape index (κ2) is 7.50. The first kappa shape index (κ1) is 14.3. The third-order valence-corrected chi connectivity index (χ3v) is 3.38. The second-order valence-electron chi connectivity index (χ2n) is 4.57. The number of carbonyl (C=O) groups excluding carboxylic acids is 1. The zero-order chi connectivity index (χ0) is 12.7. The molecule has 1 atom stereocenters. The molecule has 5 heteroatoms. The lowest BCUT2D eigenvalue weighted by Gasteiger charge is -2.28. The van der Waals surface area contributed by atoms with E-state index in [9.17, 15) is 4.79 Å². The molecule has 5 nitrogen and oxygen atoms in total. The van der Waals surface area contributed by atoms with E-state index in [1.54, 1.807) is 0 Å². The number of hydrogen-bond acceptors (Lipinski definition) is 3. The molecule has 1 saturated heterocycles. The van der Waals surface area contributed by atoms with Crippen molar-refractivity contribution in [2.24, 2.45) is 0 Å². The smallest absolute Gasteiger partial charge is 0.317 e. The quantitative estimate of drug-likeness (QED) is 0.775. The van der Waals surface area contributed by atoms with Crippen molar-refractivity contribution in [1.29, 1.82) is 0 Å². The van der Waals surface area contributed by atoms with Crippen LogP contribution in [0, 0.1) is 0 Å². The van der Waals surface area contributed by atoms with Crippen molar-refractivity contribution in [1.82, 2.24) is 15.1 Å². The van der Waals surface area contributed by atoms with Crippen LogP contribution >= 0.6 is 0 Å². The summed E-state index contributed by atoms with van der Waals surface area (Å²) in [6.45, 7) is 8.68. The van der Waals surface area contributed by atoms with E-state index in [0.717, 1.165) is 13.0 Å². The van der Waals surface area contributed by atoms with Gasteiger partial charge >= 0.3 is 6.03 Å². The lowest BCUT2D eigenvalue weighted by Crippen LogP contribution is -2.48. The van der Waals surface area contributed by atoms with Crippen molar-refractivity contribution in [3.8, 4) is 0 Å². The van der Waals surface area contributed by atoms with Crippen LogP contribution in [0.3, 0.4) is 0 Å². The molecule has 0 aliphatic carbocycles. The molecule has 0 aromatic rings. The minimum atomic E-state index is 0.0332. The highest BCUT2D eigenvalue weighted by Crippen LogP contribution is 1.99. The number of hydrogen-bond donors (Lipinski definition) is 1. The van der Waals surface area contributed by atoms with Gasteiger partial charge in [0.1, 0.15) is 0 Å². The van der Waals surface area contributed by atoms with E-state index >= 15 is 0 Å². The molecule has 0 saturated carbocycles. The van der Waals surface area contributed by atoms with E-state index < -0.39 is 0 Å². The van der Waals surface area contributed by atoms with Gasteiger partial charge in [0.15, 0.2) is 0 Å². The summed E-state index contributed by atoms with van der Waals surface area (Å²) in [4.78, 5) is 15.8. The summed E-state index contributed by atoms with van der Waals surface area (Å²) >= 11 is 0. The molecule has 0 aromatic heterocycles. The van der Waals surface area contributed by atoms with Gasteiger partial charge in [-0.3, -0.25) is 0 Å². The van der Waals surface area contributed by atoms with Crippen molar-refractivity contribution in [3.05, 3.63) is 0 Å². The van der Waals surface area contributed by atoms with Gasteiger partial charge < -0.3 is 19.9 Å². The minimum Gasteiger partial charge on any atom is -0.378 e. The van der Waals surface area contributed by atoms with Crippen molar-refractivity contribution in [2.75, 3.05) is 46.4 Å². The first-order valence-electron chi connectivity index (χ1n) is 6.46. The monoisotopic (exact) mass is 243 g/mol. The van der Waals surface area contributed by atoms with Crippen LogP contribution in [0.25, 0.3) is 0 Å². The summed E-state index contributed by atoms with van der Waals surface area (Å²) < 4.78 is 5.21. The Bertz CT molecular complexity index is 230. The maximum atomic E-state index is 11.8. The van der Waals surface area contributed by atoms with Crippen LogP contribution in [0.4, 0.5) is 4.79 Å². The van der Waals surface area contributed by atoms with Gasteiger partial charge in [-0.25, -0.2) is 4.79 Å². The summed E-state index contributed by atoms with van der Waals surface area (Å²) in [5.74, 6) is 0. The molecule has 2 amide bonds. The molecule has 1 N–H and O–H groups in total. The Morgan fingerprint density at radius 3 is 2.71 bits per heavy atom. The second-order valence-corrected chi connectivity index (χ2v) is 4.57. The third kappa shape index (κ3) is 4.91. The van der Waals surface area contributed by atoms with E-state index in [-0.39, 0.29) is 6.03 Å². The average Bonchev–Trinajstić information content (AvgIpc) is 2.38. The summed E-state index contributed by atoms with van der Waals surface area (Å²) in [5, 5.41) is 2.95. The van der Waals surface area contributed by atoms with Gasteiger partial charge in [-0.15, -0.1) is 0 Å². The zero-order valence-electron chi connectivity index (χ0n) is 11.2. The van der Waals surface area contributed by atoms with E-state index in [1.807, 2.05) is 4.90 Å². The first-order chi connectivity index (χ1) is 8.15. The number of urea groups is 1. The van der Waals surface area contributed by atoms with Crippen LogP contribution in [-0.4, -0.2) is 68.3 Å². The minimum absolute atomic E-state index is 0.0332. The summed E-state index contributed by atoms with van der Waals surface area (Å²) in [6, 6.07) is 0.598.